The summed E-state index contributed by atoms with van der Waals surface area (Å²) in [5, 5.41) is 3.14. The number of hydrogen-bond donors (Lipinski definition) is 1. The Hall–Kier alpha value is -1.13. The molecule has 0 radical (unpaired) electrons. The summed E-state index contributed by atoms with van der Waals surface area (Å²) in [5.74, 6) is 1.82. The molecule has 0 aromatic carbocycles. The van der Waals surface area contributed by atoms with Crippen molar-refractivity contribution in [3.63, 3.8) is 0 Å². The van der Waals surface area contributed by atoms with E-state index in [1.807, 2.05) is 7.05 Å². The molecule has 4 nitrogen and oxygen atoms in total. The van der Waals surface area contributed by atoms with Gasteiger partial charge in [0.15, 0.2) is 0 Å². The van der Waals surface area contributed by atoms with E-state index in [0.29, 0.717) is 5.92 Å². The van der Waals surface area contributed by atoms with Crippen molar-refractivity contribution in [2.24, 2.45) is 5.92 Å². The van der Waals surface area contributed by atoms with Crippen molar-refractivity contribution in [3.8, 4) is 0 Å². The fourth-order valence-electron chi connectivity index (χ4n) is 2.49. The van der Waals surface area contributed by atoms with Crippen LogP contribution in [0.3, 0.4) is 0 Å². The lowest BCUT2D eigenvalue weighted by Crippen LogP contribution is -2.35. The van der Waals surface area contributed by atoms with Crippen LogP contribution in [-0.2, 0) is 11.3 Å². The highest BCUT2D eigenvalue weighted by atomic mass is 16.5. The van der Waals surface area contributed by atoms with E-state index in [1.165, 1.54) is 12.8 Å². The summed E-state index contributed by atoms with van der Waals surface area (Å²) in [5.41, 5.74) is 1.11. The summed E-state index contributed by atoms with van der Waals surface area (Å²) in [7, 11) is 3.74. The van der Waals surface area contributed by atoms with Crippen LogP contribution in [0.5, 0.6) is 0 Å². The summed E-state index contributed by atoms with van der Waals surface area (Å²) in [6.07, 6.45) is 2.40. The maximum absolute atomic E-state index is 5.23. The van der Waals surface area contributed by atoms with Crippen molar-refractivity contribution in [1.29, 1.82) is 0 Å². The minimum absolute atomic E-state index is 0.715. The van der Waals surface area contributed by atoms with Crippen LogP contribution in [0.15, 0.2) is 18.2 Å². The largest absolute Gasteiger partial charge is 0.384 e. The topological polar surface area (TPSA) is 37.4 Å². The monoisotopic (exact) mass is 249 g/mol. The number of piperidine rings is 1. The number of aromatic nitrogens is 1. The van der Waals surface area contributed by atoms with Crippen molar-refractivity contribution in [2.45, 2.75) is 19.4 Å². The van der Waals surface area contributed by atoms with Gasteiger partial charge in [-0.15, -0.1) is 0 Å². The summed E-state index contributed by atoms with van der Waals surface area (Å²) >= 11 is 0. The smallest absolute Gasteiger partial charge is 0.128 e. The number of hydrogen-bond acceptors (Lipinski definition) is 4. The maximum Gasteiger partial charge on any atom is 0.128 e. The minimum atomic E-state index is 0.715. The third-order valence-electron chi connectivity index (χ3n) is 3.49. The van der Waals surface area contributed by atoms with Gasteiger partial charge in [-0.3, -0.25) is 0 Å². The Morgan fingerprint density at radius 3 is 2.83 bits per heavy atom. The zero-order valence-electron chi connectivity index (χ0n) is 11.4. The third-order valence-corrected chi connectivity index (χ3v) is 3.49. The van der Waals surface area contributed by atoms with Crippen LogP contribution >= 0.6 is 0 Å². The number of methoxy groups -OCH3 is 1. The predicted octanol–water partition coefficient (Wildman–Crippen LogP) is 1.66. The second-order valence-electron chi connectivity index (χ2n) is 4.90. The van der Waals surface area contributed by atoms with Crippen LogP contribution in [0.25, 0.3) is 0 Å². The highest BCUT2D eigenvalue weighted by Gasteiger charge is 2.19. The van der Waals surface area contributed by atoms with Gasteiger partial charge in [-0.05, 0) is 37.9 Å². The Morgan fingerprint density at radius 2 is 2.17 bits per heavy atom. The Kier molecular flexibility index (Phi) is 4.96. The molecule has 0 saturated carbocycles. The Labute approximate surface area is 109 Å². The van der Waals surface area contributed by atoms with Gasteiger partial charge in [0.25, 0.3) is 0 Å². The van der Waals surface area contributed by atoms with Crippen LogP contribution in [0.2, 0.25) is 0 Å². The summed E-state index contributed by atoms with van der Waals surface area (Å²) in [6.45, 7) is 3.89. The molecular weight excluding hydrogens is 226 g/mol. The molecule has 1 aliphatic heterocycles. The molecule has 1 aromatic heterocycles. The summed E-state index contributed by atoms with van der Waals surface area (Å²) in [6, 6.07) is 6.27. The van der Waals surface area contributed by atoms with Gasteiger partial charge in [0.2, 0.25) is 0 Å². The van der Waals surface area contributed by atoms with Crippen LogP contribution in [0.4, 0.5) is 5.82 Å². The van der Waals surface area contributed by atoms with Crippen molar-refractivity contribution in [2.75, 3.05) is 38.8 Å². The summed E-state index contributed by atoms with van der Waals surface area (Å²) in [4.78, 5) is 7.07. The molecular formula is C14H23N3O. The third kappa shape index (κ3) is 3.43. The van der Waals surface area contributed by atoms with Crippen molar-refractivity contribution < 1.29 is 4.74 Å². The molecule has 2 heterocycles. The molecule has 100 valence electrons. The normalized spacial score (nSPS) is 17.1. The predicted molar refractivity (Wildman–Crippen MR) is 73.8 cm³/mol. The van der Waals surface area contributed by atoms with Gasteiger partial charge in [-0.25, -0.2) is 4.98 Å². The lowest BCUT2D eigenvalue weighted by molar-refractivity contribution is 0.139. The molecule has 0 atom stereocenters. The number of pyridine rings is 1. The average molecular weight is 249 g/mol. The molecule has 1 fully saturated rings. The lowest BCUT2D eigenvalue weighted by Gasteiger charge is -2.32. The number of anilines is 1. The molecule has 0 unspecified atom stereocenters. The number of rotatable bonds is 5. The van der Waals surface area contributed by atoms with Gasteiger partial charge >= 0.3 is 0 Å². The quantitative estimate of drug-likeness (QED) is 0.861. The zero-order valence-corrected chi connectivity index (χ0v) is 11.4. The van der Waals surface area contributed by atoms with Crippen LogP contribution < -0.4 is 10.2 Å². The first-order valence-corrected chi connectivity index (χ1v) is 6.68. The van der Waals surface area contributed by atoms with Crippen molar-refractivity contribution in [1.82, 2.24) is 10.3 Å². The van der Waals surface area contributed by atoms with E-state index >= 15 is 0 Å². The zero-order chi connectivity index (χ0) is 12.8. The molecule has 0 spiro atoms. The molecule has 4 heteroatoms. The van der Waals surface area contributed by atoms with E-state index in [9.17, 15) is 0 Å². The minimum Gasteiger partial charge on any atom is -0.384 e. The van der Waals surface area contributed by atoms with Crippen molar-refractivity contribution in [3.05, 3.63) is 23.9 Å². The van der Waals surface area contributed by atoms with Gasteiger partial charge in [0, 0.05) is 33.4 Å². The number of ether oxygens (including phenoxy) is 1. The first kappa shape index (κ1) is 13.3. The van der Waals surface area contributed by atoms with E-state index in [-0.39, 0.29) is 0 Å². The molecule has 0 aliphatic carbocycles. The highest BCUT2D eigenvalue weighted by Crippen LogP contribution is 2.22. The standard InChI is InChI=1S/C14H23N3O/c1-15-10-13-4-3-5-14(16-13)17-8-6-12(7-9-17)11-18-2/h3-5,12,15H,6-11H2,1-2H3. The molecule has 1 aromatic rings. The van der Waals surface area contributed by atoms with Gasteiger partial charge < -0.3 is 15.0 Å². The molecule has 0 amide bonds. The van der Waals surface area contributed by atoms with Crippen LogP contribution in [0.1, 0.15) is 18.5 Å². The Balaban J connectivity index is 1.94. The van der Waals surface area contributed by atoms with E-state index in [1.54, 1.807) is 7.11 Å². The van der Waals surface area contributed by atoms with Gasteiger partial charge in [-0.1, -0.05) is 6.07 Å². The van der Waals surface area contributed by atoms with Crippen LogP contribution in [-0.4, -0.2) is 38.8 Å². The van der Waals surface area contributed by atoms with E-state index < -0.39 is 0 Å². The van der Waals surface area contributed by atoms with Crippen molar-refractivity contribution >= 4 is 5.82 Å². The second kappa shape index (κ2) is 6.71. The molecule has 1 saturated heterocycles. The molecule has 2 rings (SSSR count). The molecule has 18 heavy (non-hydrogen) atoms. The molecule has 0 bridgehead atoms. The van der Waals surface area contributed by atoms with Gasteiger partial charge in [0.1, 0.15) is 5.82 Å². The first-order chi connectivity index (χ1) is 8.83. The molecule has 1 N–H and O–H groups in total. The fourth-order valence-corrected chi connectivity index (χ4v) is 2.49. The Bertz CT molecular complexity index is 362. The van der Waals surface area contributed by atoms with Gasteiger partial charge in [-0.2, -0.15) is 0 Å². The highest BCUT2D eigenvalue weighted by molar-refractivity contribution is 5.39. The SMILES string of the molecule is CNCc1cccc(N2CCC(COC)CC2)n1. The van der Waals surface area contributed by atoms with E-state index in [0.717, 1.165) is 37.8 Å². The number of nitrogens with zero attached hydrogens (tertiary/aromatic N) is 2. The lowest BCUT2D eigenvalue weighted by atomic mass is 9.98. The summed E-state index contributed by atoms with van der Waals surface area (Å²) < 4.78 is 5.23. The number of nitrogens with one attached hydrogen (secondary N) is 1. The first-order valence-electron chi connectivity index (χ1n) is 6.68. The van der Waals surface area contributed by atoms with Crippen LogP contribution in [0, 0.1) is 5.92 Å². The average Bonchev–Trinajstić information content (AvgIpc) is 2.41. The maximum atomic E-state index is 5.23. The second-order valence-corrected chi connectivity index (χ2v) is 4.90. The van der Waals surface area contributed by atoms with Gasteiger partial charge in [0.05, 0.1) is 5.69 Å². The molecule has 1 aliphatic rings. The Morgan fingerprint density at radius 1 is 1.39 bits per heavy atom. The van der Waals surface area contributed by atoms with E-state index in [2.05, 4.69) is 33.4 Å². The van der Waals surface area contributed by atoms with E-state index in [4.69, 9.17) is 4.74 Å². The fraction of sp³-hybridized carbons (Fsp3) is 0.643.